The van der Waals surface area contributed by atoms with Gasteiger partial charge in [0.2, 0.25) is 5.91 Å². The van der Waals surface area contributed by atoms with Crippen molar-refractivity contribution in [2.75, 3.05) is 25.1 Å². The maximum atomic E-state index is 11.7. The molecule has 0 radical (unpaired) electrons. The predicted octanol–water partition coefficient (Wildman–Crippen LogP) is 3.38. The molecule has 1 amide bonds. The largest absolute Gasteiger partial charge is 0.492 e. The summed E-state index contributed by atoms with van der Waals surface area (Å²) in [4.78, 5) is 18.5. The highest BCUT2D eigenvalue weighted by molar-refractivity contribution is 8.01. The standard InChI is InChI=1S/C22H23N3O3S2/c1-25(21-23-18(14-29-21)16-5-3-2-4-6-16)11-12-28-17-9-7-15(8-10-17)13-19-20(26)24-22(27)30-19/h2-10,14,19,22,27H,11-13H2,1H3,(H,24,26). The number of likely N-dealkylation sites (N-methyl/N-ethyl adjacent to an activating group) is 1. The van der Waals surface area contributed by atoms with Gasteiger partial charge in [-0.1, -0.05) is 54.2 Å². The van der Waals surface area contributed by atoms with Gasteiger partial charge in [-0.05, 0) is 24.1 Å². The number of rotatable bonds is 8. The normalized spacial score (nSPS) is 18.3. The van der Waals surface area contributed by atoms with Crippen molar-refractivity contribution in [3.05, 3.63) is 65.5 Å². The number of nitrogens with one attached hydrogen (secondary N) is 1. The Kier molecular flexibility index (Phi) is 6.56. The summed E-state index contributed by atoms with van der Waals surface area (Å²) in [5, 5.41) is 14.8. The second-order valence-electron chi connectivity index (χ2n) is 6.99. The van der Waals surface area contributed by atoms with E-state index in [1.165, 1.54) is 11.8 Å². The predicted molar refractivity (Wildman–Crippen MR) is 122 cm³/mol. The number of carbonyl (C=O) groups excluding carboxylic acids is 1. The van der Waals surface area contributed by atoms with E-state index in [9.17, 15) is 9.90 Å². The van der Waals surface area contributed by atoms with E-state index in [1.54, 1.807) is 11.3 Å². The summed E-state index contributed by atoms with van der Waals surface area (Å²) in [5.41, 5.74) is 2.34. The zero-order valence-corrected chi connectivity index (χ0v) is 18.2. The van der Waals surface area contributed by atoms with E-state index >= 15 is 0 Å². The second kappa shape index (κ2) is 9.51. The number of anilines is 1. The van der Waals surface area contributed by atoms with Crippen molar-refractivity contribution in [3.63, 3.8) is 0 Å². The van der Waals surface area contributed by atoms with Gasteiger partial charge < -0.3 is 20.1 Å². The number of aliphatic hydroxyl groups is 1. The summed E-state index contributed by atoms with van der Waals surface area (Å²) < 4.78 is 5.86. The Morgan fingerprint density at radius 2 is 1.93 bits per heavy atom. The van der Waals surface area contributed by atoms with Gasteiger partial charge in [0.25, 0.3) is 0 Å². The van der Waals surface area contributed by atoms with E-state index in [4.69, 9.17) is 9.72 Å². The Balaban J connectivity index is 1.25. The van der Waals surface area contributed by atoms with Crippen LogP contribution in [0.15, 0.2) is 60.0 Å². The molecule has 6 nitrogen and oxygen atoms in total. The number of amides is 1. The summed E-state index contributed by atoms with van der Waals surface area (Å²) in [6.07, 6.45) is 0.588. The van der Waals surface area contributed by atoms with Gasteiger partial charge >= 0.3 is 0 Å². The number of aliphatic hydroxyl groups excluding tert-OH is 1. The summed E-state index contributed by atoms with van der Waals surface area (Å²) in [6, 6.07) is 17.9. The molecule has 2 unspecified atom stereocenters. The van der Waals surface area contributed by atoms with Crippen molar-refractivity contribution >= 4 is 34.1 Å². The van der Waals surface area contributed by atoms with Crippen LogP contribution >= 0.6 is 23.1 Å². The SMILES string of the molecule is CN(CCOc1ccc(CC2SC(O)NC2=O)cc1)c1nc(-c2ccccc2)cs1. The zero-order valence-electron chi connectivity index (χ0n) is 16.5. The van der Waals surface area contributed by atoms with E-state index in [-0.39, 0.29) is 11.2 Å². The van der Waals surface area contributed by atoms with Crippen molar-refractivity contribution in [1.29, 1.82) is 0 Å². The summed E-state index contributed by atoms with van der Waals surface area (Å²) in [5.74, 6) is 0.674. The molecule has 8 heteroatoms. The van der Waals surface area contributed by atoms with Gasteiger partial charge in [-0.25, -0.2) is 4.98 Å². The first kappa shape index (κ1) is 20.7. The minimum atomic E-state index is -0.802. The van der Waals surface area contributed by atoms with Gasteiger partial charge in [-0.3, -0.25) is 4.79 Å². The molecule has 1 aromatic heterocycles. The molecule has 1 aliphatic rings. The molecule has 4 rings (SSSR count). The highest BCUT2D eigenvalue weighted by Crippen LogP contribution is 2.27. The fourth-order valence-corrected chi connectivity index (χ4v) is 4.92. The van der Waals surface area contributed by atoms with Crippen LogP contribution < -0.4 is 15.0 Å². The number of ether oxygens (including phenoxy) is 1. The average molecular weight is 442 g/mol. The zero-order chi connectivity index (χ0) is 20.9. The van der Waals surface area contributed by atoms with Crippen LogP contribution in [0.25, 0.3) is 11.3 Å². The third-order valence-electron chi connectivity index (χ3n) is 4.78. The number of benzene rings is 2. The average Bonchev–Trinajstić information content (AvgIpc) is 3.37. The summed E-state index contributed by atoms with van der Waals surface area (Å²) in [6.45, 7) is 1.27. The minimum absolute atomic E-state index is 0.117. The number of nitrogens with zero attached hydrogens (tertiary/aromatic N) is 2. The van der Waals surface area contributed by atoms with E-state index in [1.807, 2.05) is 49.5 Å². The van der Waals surface area contributed by atoms with Crippen LogP contribution in [0.3, 0.4) is 0 Å². The molecular weight excluding hydrogens is 418 g/mol. The molecule has 2 atom stereocenters. The second-order valence-corrected chi connectivity index (χ2v) is 9.11. The molecule has 0 bridgehead atoms. The maximum absolute atomic E-state index is 11.7. The Morgan fingerprint density at radius 1 is 1.17 bits per heavy atom. The topological polar surface area (TPSA) is 74.7 Å². The smallest absolute Gasteiger partial charge is 0.236 e. The molecule has 2 N–H and O–H groups in total. The van der Waals surface area contributed by atoms with Crippen LogP contribution in [0.4, 0.5) is 5.13 Å². The van der Waals surface area contributed by atoms with Crippen molar-refractivity contribution in [3.8, 4) is 17.0 Å². The molecule has 0 aliphatic carbocycles. The lowest BCUT2D eigenvalue weighted by Crippen LogP contribution is -2.27. The van der Waals surface area contributed by atoms with E-state index in [0.717, 1.165) is 34.2 Å². The van der Waals surface area contributed by atoms with Crippen molar-refractivity contribution in [2.45, 2.75) is 17.2 Å². The molecule has 3 aromatic rings. The Hall–Kier alpha value is -2.55. The number of thioether (sulfide) groups is 1. The molecule has 2 aromatic carbocycles. The molecule has 1 fully saturated rings. The monoisotopic (exact) mass is 441 g/mol. The third-order valence-corrected chi connectivity index (χ3v) is 6.82. The highest BCUT2D eigenvalue weighted by Gasteiger charge is 2.31. The van der Waals surface area contributed by atoms with Crippen molar-refractivity contribution in [1.82, 2.24) is 10.3 Å². The Morgan fingerprint density at radius 3 is 2.63 bits per heavy atom. The lowest BCUT2D eigenvalue weighted by molar-refractivity contribution is -0.121. The number of carbonyl (C=O) groups is 1. The lowest BCUT2D eigenvalue weighted by Gasteiger charge is -2.16. The van der Waals surface area contributed by atoms with Crippen LogP contribution in [0.5, 0.6) is 5.75 Å². The first-order valence-corrected chi connectivity index (χ1v) is 11.5. The lowest BCUT2D eigenvalue weighted by atomic mass is 10.1. The van der Waals surface area contributed by atoms with Gasteiger partial charge in [-0.2, -0.15) is 0 Å². The molecule has 0 spiro atoms. The van der Waals surface area contributed by atoms with Crippen molar-refractivity contribution in [2.24, 2.45) is 0 Å². The maximum Gasteiger partial charge on any atom is 0.236 e. The van der Waals surface area contributed by atoms with Gasteiger partial charge in [-0.15, -0.1) is 11.3 Å². The van der Waals surface area contributed by atoms with Gasteiger partial charge in [0, 0.05) is 18.0 Å². The number of hydrogen-bond acceptors (Lipinski definition) is 7. The third kappa shape index (κ3) is 5.13. The minimum Gasteiger partial charge on any atom is -0.492 e. The molecule has 30 heavy (non-hydrogen) atoms. The van der Waals surface area contributed by atoms with Crippen LogP contribution in [-0.2, 0) is 11.2 Å². The van der Waals surface area contributed by atoms with Crippen LogP contribution in [0, 0.1) is 0 Å². The Bertz CT molecular complexity index is 979. The number of hydrogen-bond donors (Lipinski definition) is 2. The molecule has 0 saturated carbocycles. The highest BCUT2D eigenvalue weighted by atomic mass is 32.2. The molecular formula is C22H23N3O3S2. The molecule has 1 saturated heterocycles. The first-order chi connectivity index (χ1) is 14.6. The summed E-state index contributed by atoms with van der Waals surface area (Å²) >= 11 is 2.86. The van der Waals surface area contributed by atoms with E-state index in [2.05, 4.69) is 27.7 Å². The number of aromatic nitrogens is 1. The Labute approximate surface area is 183 Å². The van der Waals surface area contributed by atoms with Crippen LogP contribution in [-0.4, -0.2) is 47.0 Å². The first-order valence-electron chi connectivity index (χ1n) is 9.66. The fourth-order valence-electron chi connectivity index (χ4n) is 3.12. The van der Waals surface area contributed by atoms with Crippen LogP contribution in [0.1, 0.15) is 5.56 Å². The van der Waals surface area contributed by atoms with E-state index < -0.39 is 5.56 Å². The van der Waals surface area contributed by atoms with Gasteiger partial charge in [0.05, 0.1) is 17.5 Å². The fraction of sp³-hybridized carbons (Fsp3) is 0.273. The quantitative estimate of drug-likeness (QED) is 0.558. The van der Waals surface area contributed by atoms with Gasteiger partial charge in [0.15, 0.2) is 10.7 Å². The molecule has 2 heterocycles. The molecule has 1 aliphatic heterocycles. The van der Waals surface area contributed by atoms with Crippen LogP contribution in [0.2, 0.25) is 0 Å². The number of thiazole rings is 1. The summed E-state index contributed by atoms with van der Waals surface area (Å²) in [7, 11) is 2.01. The molecule has 156 valence electrons. The van der Waals surface area contributed by atoms with E-state index in [0.29, 0.717) is 13.0 Å². The van der Waals surface area contributed by atoms with Gasteiger partial charge in [0.1, 0.15) is 12.4 Å². The van der Waals surface area contributed by atoms with Crippen molar-refractivity contribution < 1.29 is 14.6 Å².